The highest BCUT2D eigenvalue weighted by atomic mass is 79.9. The fourth-order valence-corrected chi connectivity index (χ4v) is 4.71. The highest BCUT2D eigenvalue weighted by molar-refractivity contribution is 8.93. The first-order valence-electron chi connectivity index (χ1n) is 11.4. The Hall–Kier alpha value is -0.680. The van der Waals surface area contributed by atoms with Crippen molar-refractivity contribution in [2.45, 2.75) is 64.5 Å². The third-order valence-electron chi connectivity index (χ3n) is 6.54. The molecule has 1 heterocycles. The van der Waals surface area contributed by atoms with Crippen LogP contribution in [0.1, 0.15) is 50.7 Å². The summed E-state index contributed by atoms with van der Waals surface area (Å²) in [6, 6.07) is 23.4. The van der Waals surface area contributed by atoms with Gasteiger partial charge in [-0.2, -0.15) is 0 Å². The van der Waals surface area contributed by atoms with Crippen LogP contribution in [0.3, 0.4) is 0 Å². The molecule has 0 spiro atoms. The van der Waals surface area contributed by atoms with E-state index in [4.69, 9.17) is 0 Å². The van der Waals surface area contributed by atoms with Gasteiger partial charge in [-0.05, 0) is 49.7 Å². The first-order chi connectivity index (χ1) is 13.8. The molecule has 3 rings (SSSR count). The molecule has 0 saturated carbocycles. The number of nitrogens with zero attached hydrogens (tertiary/aromatic N) is 2. The fraction of sp³-hybridized carbons (Fsp3) is 0.538. The van der Waals surface area contributed by atoms with Crippen molar-refractivity contribution in [3.05, 3.63) is 71.8 Å². The van der Waals surface area contributed by atoms with Crippen LogP contribution in [0.25, 0.3) is 0 Å². The van der Waals surface area contributed by atoms with Crippen LogP contribution in [0, 0.1) is 0 Å². The molecular weight excluding hydrogens is 500 g/mol. The second-order valence-corrected chi connectivity index (χ2v) is 8.24. The molecule has 0 amide bonds. The molecule has 0 bridgehead atoms. The Morgan fingerprint density at radius 2 is 0.933 bits per heavy atom. The molecule has 30 heavy (non-hydrogen) atoms. The number of hydrogen-bond acceptors (Lipinski definition) is 2. The lowest BCUT2D eigenvalue weighted by atomic mass is 9.99. The standard InChI is InChI=1S/C26H38N2.2BrH/c1-3-25(17-15-23-11-7-5-8-12-23)27-19-21-28(22-20-27)26(4-2)18-16-24-13-9-6-10-14-24;;/h5-14,25-26H,3-4,15-22H2,1-2H3;2*1H. The van der Waals surface area contributed by atoms with Crippen LogP contribution < -0.4 is 0 Å². The summed E-state index contributed by atoms with van der Waals surface area (Å²) in [7, 11) is 0. The maximum atomic E-state index is 2.75. The maximum Gasteiger partial charge on any atom is 0.0113 e. The molecule has 0 aliphatic carbocycles. The summed E-state index contributed by atoms with van der Waals surface area (Å²) in [5, 5.41) is 0. The number of aryl methyl sites for hydroxylation is 2. The first-order valence-corrected chi connectivity index (χ1v) is 11.4. The number of piperazine rings is 1. The SMILES string of the molecule is Br.Br.CCC(CCc1ccccc1)N1CCN(C(CC)CCc2ccccc2)CC1. The summed E-state index contributed by atoms with van der Waals surface area (Å²) in [4.78, 5) is 5.51. The van der Waals surface area contributed by atoms with Gasteiger partial charge in [-0.25, -0.2) is 0 Å². The average molecular weight is 540 g/mol. The zero-order chi connectivity index (χ0) is 19.6. The predicted octanol–water partition coefficient (Wildman–Crippen LogP) is 6.58. The van der Waals surface area contributed by atoms with Crippen molar-refractivity contribution in [2.75, 3.05) is 26.2 Å². The minimum absolute atomic E-state index is 0. The van der Waals surface area contributed by atoms with Crippen LogP contribution in [0.4, 0.5) is 0 Å². The molecular formula is C26H40Br2N2. The zero-order valence-electron chi connectivity index (χ0n) is 18.7. The van der Waals surface area contributed by atoms with Crippen LogP contribution in [0.5, 0.6) is 0 Å². The van der Waals surface area contributed by atoms with Crippen molar-refractivity contribution >= 4 is 34.0 Å². The second-order valence-electron chi connectivity index (χ2n) is 8.24. The Bertz CT molecular complexity index is 598. The van der Waals surface area contributed by atoms with Crippen LogP contribution >= 0.6 is 34.0 Å². The smallest absolute Gasteiger partial charge is 0.0113 e. The number of halogens is 2. The fourth-order valence-electron chi connectivity index (χ4n) is 4.71. The van der Waals surface area contributed by atoms with Gasteiger partial charge in [0.1, 0.15) is 0 Å². The normalized spacial score (nSPS) is 16.9. The van der Waals surface area contributed by atoms with E-state index in [0.717, 1.165) is 12.1 Å². The van der Waals surface area contributed by atoms with Crippen molar-refractivity contribution in [3.63, 3.8) is 0 Å². The third kappa shape index (κ3) is 8.45. The molecule has 0 radical (unpaired) electrons. The number of hydrogen-bond donors (Lipinski definition) is 0. The number of benzene rings is 2. The summed E-state index contributed by atoms with van der Waals surface area (Å²) in [5.74, 6) is 0. The highest BCUT2D eigenvalue weighted by Crippen LogP contribution is 2.19. The lowest BCUT2D eigenvalue weighted by molar-refractivity contribution is 0.0609. The second kappa shape index (κ2) is 15.2. The third-order valence-corrected chi connectivity index (χ3v) is 6.54. The molecule has 1 aliphatic heterocycles. The Kier molecular flexibility index (Phi) is 13.8. The first kappa shape index (κ1) is 27.4. The molecule has 0 N–H and O–H groups in total. The Balaban J connectivity index is 0.00000225. The van der Waals surface area contributed by atoms with Gasteiger partial charge in [0.2, 0.25) is 0 Å². The van der Waals surface area contributed by atoms with Crippen LogP contribution in [0.2, 0.25) is 0 Å². The van der Waals surface area contributed by atoms with Gasteiger partial charge < -0.3 is 0 Å². The molecule has 1 fully saturated rings. The molecule has 0 aromatic heterocycles. The highest BCUT2D eigenvalue weighted by Gasteiger charge is 2.26. The zero-order valence-corrected chi connectivity index (χ0v) is 22.1. The molecule has 4 heteroatoms. The van der Waals surface area contributed by atoms with E-state index in [2.05, 4.69) is 84.3 Å². The molecule has 2 aromatic carbocycles. The molecule has 1 aliphatic rings. The molecule has 2 aromatic rings. The molecule has 2 atom stereocenters. The van der Waals surface area contributed by atoms with E-state index in [1.165, 1.54) is 75.8 Å². The van der Waals surface area contributed by atoms with E-state index in [0.29, 0.717) is 0 Å². The van der Waals surface area contributed by atoms with E-state index in [1.54, 1.807) is 0 Å². The van der Waals surface area contributed by atoms with Crippen molar-refractivity contribution in [1.82, 2.24) is 9.80 Å². The van der Waals surface area contributed by atoms with E-state index < -0.39 is 0 Å². The quantitative estimate of drug-likeness (QED) is 0.336. The van der Waals surface area contributed by atoms with Crippen LogP contribution in [-0.4, -0.2) is 48.1 Å². The summed E-state index contributed by atoms with van der Waals surface area (Å²) < 4.78 is 0. The minimum atomic E-state index is 0. The van der Waals surface area contributed by atoms with Gasteiger partial charge in [-0.1, -0.05) is 74.5 Å². The molecule has 168 valence electrons. The van der Waals surface area contributed by atoms with E-state index in [1.807, 2.05) is 0 Å². The average Bonchev–Trinajstić information content (AvgIpc) is 2.77. The van der Waals surface area contributed by atoms with Gasteiger partial charge in [-0.15, -0.1) is 34.0 Å². The van der Waals surface area contributed by atoms with Gasteiger partial charge in [0.25, 0.3) is 0 Å². The predicted molar refractivity (Wildman–Crippen MR) is 141 cm³/mol. The maximum absolute atomic E-state index is 2.75. The van der Waals surface area contributed by atoms with Crippen LogP contribution in [0.15, 0.2) is 60.7 Å². The van der Waals surface area contributed by atoms with Crippen molar-refractivity contribution in [1.29, 1.82) is 0 Å². The van der Waals surface area contributed by atoms with Gasteiger partial charge >= 0.3 is 0 Å². The van der Waals surface area contributed by atoms with Crippen LogP contribution in [-0.2, 0) is 12.8 Å². The Morgan fingerprint density at radius 3 is 1.23 bits per heavy atom. The summed E-state index contributed by atoms with van der Waals surface area (Å²) >= 11 is 0. The molecule has 1 saturated heterocycles. The van der Waals surface area contributed by atoms with Gasteiger partial charge in [0.15, 0.2) is 0 Å². The van der Waals surface area contributed by atoms with E-state index in [9.17, 15) is 0 Å². The summed E-state index contributed by atoms with van der Waals surface area (Å²) in [6.45, 7) is 9.64. The topological polar surface area (TPSA) is 6.48 Å². The monoisotopic (exact) mass is 538 g/mol. The summed E-state index contributed by atoms with van der Waals surface area (Å²) in [5.41, 5.74) is 2.96. The number of rotatable bonds is 10. The molecule has 2 unspecified atom stereocenters. The van der Waals surface area contributed by atoms with Gasteiger partial charge in [0.05, 0.1) is 0 Å². The van der Waals surface area contributed by atoms with Gasteiger partial charge in [0, 0.05) is 38.3 Å². The lowest BCUT2D eigenvalue weighted by Gasteiger charge is -2.42. The molecule has 2 nitrogen and oxygen atoms in total. The van der Waals surface area contributed by atoms with Crippen molar-refractivity contribution < 1.29 is 0 Å². The summed E-state index contributed by atoms with van der Waals surface area (Å²) in [6.07, 6.45) is 7.50. The largest absolute Gasteiger partial charge is 0.298 e. The Morgan fingerprint density at radius 1 is 0.600 bits per heavy atom. The van der Waals surface area contributed by atoms with Crippen molar-refractivity contribution in [3.8, 4) is 0 Å². The van der Waals surface area contributed by atoms with E-state index >= 15 is 0 Å². The minimum Gasteiger partial charge on any atom is -0.298 e. The van der Waals surface area contributed by atoms with E-state index in [-0.39, 0.29) is 34.0 Å². The lowest BCUT2D eigenvalue weighted by Crippen LogP contribution is -2.53. The Labute approximate surface area is 205 Å². The van der Waals surface area contributed by atoms with Gasteiger partial charge in [-0.3, -0.25) is 9.80 Å². The van der Waals surface area contributed by atoms with Crippen molar-refractivity contribution in [2.24, 2.45) is 0 Å².